The maximum Gasteiger partial charge on any atom is 0.430 e. The van der Waals surface area contributed by atoms with Gasteiger partial charge in [-0.15, -0.1) is 0 Å². The summed E-state index contributed by atoms with van der Waals surface area (Å²) in [5.74, 6) is -0.620. The molecule has 1 saturated heterocycles. The Labute approximate surface area is 231 Å². The Balaban J connectivity index is 1.47. The second-order valence-corrected chi connectivity index (χ2v) is 10.3. The molecule has 1 fully saturated rings. The molecule has 2 amide bonds. The van der Waals surface area contributed by atoms with Gasteiger partial charge in [0.2, 0.25) is 0 Å². The average Bonchev–Trinajstić information content (AvgIpc) is 2.91. The lowest BCUT2D eigenvalue weighted by molar-refractivity contribution is -0.262. The predicted octanol–water partition coefficient (Wildman–Crippen LogP) is 5.29. The number of nitrogens with zero attached hydrogens (tertiary/aromatic N) is 2. The molecule has 1 aliphatic rings. The van der Waals surface area contributed by atoms with Crippen molar-refractivity contribution in [3.8, 4) is 11.5 Å². The lowest BCUT2D eigenvalue weighted by Gasteiger charge is -2.38. The molecule has 0 radical (unpaired) electrons. The molecule has 0 bridgehead atoms. The second kappa shape index (κ2) is 12.9. The van der Waals surface area contributed by atoms with Crippen LogP contribution in [-0.4, -0.2) is 73.8 Å². The zero-order valence-electron chi connectivity index (χ0n) is 22.3. The molecular formula is C28H34ClF3N2O5. The van der Waals surface area contributed by atoms with E-state index in [2.05, 4.69) is 0 Å². The minimum absolute atomic E-state index is 0.116. The van der Waals surface area contributed by atoms with Gasteiger partial charge >= 0.3 is 6.18 Å². The SMILES string of the molecule is COc1cccc([C@@](O)(C(=O)N2CCC(CCCCOc3ccc(C(=O)N(C)C)c(Cl)c3)CC2)C(F)(F)F)c1. The molecule has 1 aliphatic heterocycles. The number of carbonyl (C=O) groups is 2. The molecular weight excluding hydrogens is 537 g/mol. The van der Waals surface area contributed by atoms with E-state index >= 15 is 0 Å². The smallest absolute Gasteiger partial charge is 0.430 e. The summed E-state index contributed by atoms with van der Waals surface area (Å²) in [5, 5.41) is 11.0. The number of alkyl halides is 3. The Morgan fingerprint density at radius 1 is 1.08 bits per heavy atom. The van der Waals surface area contributed by atoms with Crippen LogP contribution in [0.4, 0.5) is 13.2 Å². The molecule has 0 saturated carbocycles. The van der Waals surface area contributed by atoms with Gasteiger partial charge in [0.25, 0.3) is 17.4 Å². The third-order valence-electron chi connectivity index (χ3n) is 6.96. The van der Waals surface area contributed by atoms with Gasteiger partial charge in [-0.2, -0.15) is 13.2 Å². The first-order valence-electron chi connectivity index (χ1n) is 12.8. The summed E-state index contributed by atoms with van der Waals surface area (Å²) in [6.45, 7) is 0.728. The highest BCUT2D eigenvalue weighted by molar-refractivity contribution is 6.34. The zero-order chi connectivity index (χ0) is 28.8. The standard InChI is InChI=1S/C28H34ClF3N2O5/c1-33(2)25(35)23-11-10-22(18-24(23)29)39-16-5-4-7-19-12-14-34(15-13-19)26(36)27(37,28(30,31)32)20-8-6-9-21(17-20)38-3/h6,8-11,17-19,37H,4-5,7,12-16H2,1-3H3/t27-/m1/s1. The lowest BCUT2D eigenvalue weighted by atomic mass is 9.87. The van der Waals surface area contributed by atoms with Gasteiger partial charge in [-0.3, -0.25) is 9.59 Å². The predicted molar refractivity (Wildman–Crippen MR) is 141 cm³/mol. The first-order chi connectivity index (χ1) is 18.4. The van der Waals surface area contributed by atoms with Crippen molar-refractivity contribution in [1.29, 1.82) is 0 Å². The van der Waals surface area contributed by atoms with Gasteiger partial charge in [0, 0.05) is 32.7 Å². The van der Waals surface area contributed by atoms with E-state index in [4.69, 9.17) is 21.1 Å². The van der Waals surface area contributed by atoms with Crippen LogP contribution >= 0.6 is 11.6 Å². The van der Waals surface area contributed by atoms with Crippen LogP contribution in [0, 0.1) is 5.92 Å². The number of hydrogen-bond acceptors (Lipinski definition) is 5. The first-order valence-corrected chi connectivity index (χ1v) is 13.1. The fourth-order valence-corrected chi connectivity index (χ4v) is 4.89. The number of amides is 2. The van der Waals surface area contributed by atoms with E-state index in [0.717, 1.165) is 36.3 Å². The van der Waals surface area contributed by atoms with Gasteiger partial charge in [0.1, 0.15) is 11.5 Å². The van der Waals surface area contributed by atoms with Crippen molar-refractivity contribution in [2.75, 3.05) is 40.9 Å². The van der Waals surface area contributed by atoms with Crippen LogP contribution < -0.4 is 9.47 Å². The molecule has 0 unspecified atom stereocenters. The van der Waals surface area contributed by atoms with Crippen molar-refractivity contribution in [3.05, 3.63) is 58.6 Å². The fraction of sp³-hybridized carbons (Fsp3) is 0.500. The molecule has 1 N–H and O–H groups in total. The van der Waals surface area contributed by atoms with Crippen molar-refractivity contribution >= 4 is 23.4 Å². The third kappa shape index (κ3) is 7.16. The molecule has 2 aromatic carbocycles. The number of rotatable bonds is 10. The first kappa shape index (κ1) is 30.6. The highest BCUT2D eigenvalue weighted by atomic mass is 35.5. The number of unbranched alkanes of at least 4 members (excludes halogenated alkanes) is 1. The van der Waals surface area contributed by atoms with E-state index in [-0.39, 0.29) is 30.7 Å². The van der Waals surface area contributed by atoms with Gasteiger partial charge < -0.3 is 24.4 Å². The number of ether oxygens (including phenoxy) is 2. The number of benzene rings is 2. The molecule has 39 heavy (non-hydrogen) atoms. The fourth-order valence-electron chi connectivity index (χ4n) is 4.64. The van der Waals surface area contributed by atoms with Crippen LogP contribution in [0.2, 0.25) is 5.02 Å². The van der Waals surface area contributed by atoms with Gasteiger partial charge in [-0.25, -0.2) is 0 Å². The Kier molecular flexibility index (Phi) is 10.1. The van der Waals surface area contributed by atoms with E-state index < -0.39 is 23.2 Å². The molecule has 0 spiro atoms. The van der Waals surface area contributed by atoms with E-state index in [1.807, 2.05) is 0 Å². The topological polar surface area (TPSA) is 79.3 Å². The van der Waals surface area contributed by atoms with E-state index in [0.29, 0.717) is 35.8 Å². The Bertz CT molecular complexity index is 1150. The Hall–Kier alpha value is -2.98. The average molecular weight is 571 g/mol. The second-order valence-electron chi connectivity index (χ2n) is 9.86. The minimum atomic E-state index is -5.19. The Morgan fingerprint density at radius 3 is 2.36 bits per heavy atom. The molecule has 1 heterocycles. The van der Waals surface area contributed by atoms with Crippen LogP contribution in [0.5, 0.6) is 11.5 Å². The van der Waals surface area contributed by atoms with Gasteiger partial charge in [0.15, 0.2) is 0 Å². The lowest BCUT2D eigenvalue weighted by Crippen LogP contribution is -2.57. The molecule has 0 aliphatic carbocycles. The summed E-state index contributed by atoms with van der Waals surface area (Å²) >= 11 is 6.21. The van der Waals surface area contributed by atoms with Crippen molar-refractivity contribution in [1.82, 2.24) is 9.80 Å². The maximum atomic E-state index is 14.0. The number of hydrogen-bond donors (Lipinski definition) is 1. The largest absolute Gasteiger partial charge is 0.497 e. The number of aliphatic hydroxyl groups is 1. The number of methoxy groups -OCH3 is 1. The third-order valence-corrected chi connectivity index (χ3v) is 7.27. The Morgan fingerprint density at radius 2 is 1.77 bits per heavy atom. The molecule has 11 heteroatoms. The normalized spacial score (nSPS) is 15.9. The molecule has 1 atom stereocenters. The summed E-state index contributed by atoms with van der Waals surface area (Å²) in [7, 11) is 4.60. The molecule has 7 nitrogen and oxygen atoms in total. The van der Waals surface area contributed by atoms with Crippen molar-refractivity contribution in [2.24, 2.45) is 5.92 Å². The molecule has 0 aromatic heterocycles. The summed E-state index contributed by atoms with van der Waals surface area (Å²) < 4.78 is 52.7. The van der Waals surface area contributed by atoms with Crippen molar-refractivity contribution < 1.29 is 37.3 Å². The number of halogens is 4. The number of likely N-dealkylation sites (tertiary alicyclic amines) is 1. The van der Waals surface area contributed by atoms with E-state index in [1.165, 1.54) is 24.1 Å². The van der Waals surface area contributed by atoms with Crippen LogP contribution in [0.1, 0.15) is 48.0 Å². The van der Waals surface area contributed by atoms with Crippen LogP contribution in [0.3, 0.4) is 0 Å². The van der Waals surface area contributed by atoms with Crippen LogP contribution in [0.25, 0.3) is 0 Å². The molecule has 3 rings (SSSR count). The summed E-state index contributed by atoms with van der Waals surface area (Å²) in [6, 6.07) is 9.80. The van der Waals surface area contributed by atoms with Gasteiger partial charge in [0.05, 0.1) is 24.3 Å². The summed E-state index contributed by atoms with van der Waals surface area (Å²) in [6.07, 6.45) is -1.63. The van der Waals surface area contributed by atoms with Gasteiger partial charge in [-0.1, -0.05) is 30.2 Å². The van der Waals surface area contributed by atoms with E-state index in [9.17, 15) is 27.9 Å². The number of piperidine rings is 1. The zero-order valence-corrected chi connectivity index (χ0v) is 23.0. The van der Waals surface area contributed by atoms with Crippen molar-refractivity contribution in [2.45, 2.75) is 43.9 Å². The van der Waals surface area contributed by atoms with Gasteiger partial charge in [-0.05, 0) is 61.9 Å². The molecule has 2 aromatic rings. The summed E-state index contributed by atoms with van der Waals surface area (Å²) in [4.78, 5) is 27.6. The van der Waals surface area contributed by atoms with Crippen molar-refractivity contribution in [3.63, 3.8) is 0 Å². The highest BCUT2D eigenvalue weighted by Gasteiger charge is 2.62. The molecule has 214 valence electrons. The summed E-state index contributed by atoms with van der Waals surface area (Å²) in [5.41, 5.74) is -3.82. The van der Waals surface area contributed by atoms with E-state index in [1.54, 1.807) is 32.3 Å². The monoisotopic (exact) mass is 570 g/mol. The minimum Gasteiger partial charge on any atom is -0.497 e. The highest BCUT2D eigenvalue weighted by Crippen LogP contribution is 2.42. The number of carbonyl (C=O) groups excluding carboxylic acids is 2. The van der Waals surface area contributed by atoms with Crippen LogP contribution in [0.15, 0.2) is 42.5 Å². The maximum absolute atomic E-state index is 14.0. The quantitative estimate of drug-likeness (QED) is 0.393. The van der Waals surface area contributed by atoms with Crippen LogP contribution in [-0.2, 0) is 10.4 Å².